The highest BCUT2D eigenvalue weighted by Crippen LogP contribution is 2.25. The van der Waals surface area contributed by atoms with Crippen molar-refractivity contribution in [2.24, 2.45) is 5.84 Å². The van der Waals surface area contributed by atoms with E-state index in [9.17, 15) is 9.59 Å². The van der Waals surface area contributed by atoms with Crippen molar-refractivity contribution in [3.05, 3.63) is 51.5 Å². The summed E-state index contributed by atoms with van der Waals surface area (Å²) in [5, 5.41) is 0.118. The lowest BCUT2D eigenvalue weighted by Gasteiger charge is -2.23. The summed E-state index contributed by atoms with van der Waals surface area (Å²) in [6, 6.07) is 7.55. The van der Waals surface area contributed by atoms with Gasteiger partial charge in [0.2, 0.25) is 11.7 Å². The summed E-state index contributed by atoms with van der Waals surface area (Å²) in [4.78, 5) is 32.2. The highest BCUT2D eigenvalue weighted by molar-refractivity contribution is 6.06. The molecule has 3 rings (SSSR count). The molecule has 8 nitrogen and oxygen atoms in total. The molecule has 0 radical (unpaired) electrons. The average Bonchev–Trinajstić information content (AvgIpc) is 2.99. The monoisotopic (exact) mass is 369 g/mol. The number of nitrogens with zero attached hydrogens (tertiary/aromatic N) is 3. The molecule has 0 bridgehead atoms. The summed E-state index contributed by atoms with van der Waals surface area (Å²) in [5.74, 6) is 5.46. The summed E-state index contributed by atoms with van der Waals surface area (Å²) in [5.41, 5.74) is 3.67. The molecule has 8 heteroatoms. The van der Waals surface area contributed by atoms with Gasteiger partial charge < -0.3 is 9.32 Å². The van der Waals surface area contributed by atoms with E-state index in [1.54, 1.807) is 6.92 Å². The number of fused-ring (bicyclic) bond motifs is 1. The molecule has 0 spiro atoms. The lowest BCUT2D eigenvalue weighted by atomic mass is 10.1. The second-order valence-corrected chi connectivity index (χ2v) is 6.25. The van der Waals surface area contributed by atoms with Crippen LogP contribution in [0.4, 0.5) is 5.95 Å². The maximum atomic E-state index is 13.4. The Morgan fingerprint density at radius 3 is 2.41 bits per heavy atom. The van der Waals surface area contributed by atoms with Crippen LogP contribution in [-0.4, -0.2) is 28.5 Å². The predicted octanol–water partition coefficient (Wildman–Crippen LogP) is 2.05. The number of hydrogen-bond acceptors (Lipinski definition) is 6. The number of nitrogens with two attached hydrogens (primary N) is 1. The smallest absolute Gasteiger partial charge is 0.271 e. The number of benzene rings is 1. The number of aromatic nitrogens is 2. The molecule has 0 aliphatic rings. The summed E-state index contributed by atoms with van der Waals surface area (Å²) >= 11 is 0. The van der Waals surface area contributed by atoms with Crippen LogP contribution in [-0.2, 0) is 0 Å². The van der Waals surface area contributed by atoms with Crippen LogP contribution in [0.2, 0.25) is 0 Å². The number of carbonyl (C=O) groups excluding carboxylic acids is 1. The number of hydrazine groups is 1. The predicted molar refractivity (Wildman–Crippen MR) is 104 cm³/mol. The van der Waals surface area contributed by atoms with Crippen LogP contribution in [0.1, 0.15) is 35.5 Å². The van der Waals surface area contributed by atoms with Crippen molar-refractivity contribution in [2.45, 2.75) is 27.7 Å². The summed E-state index contributed by atoms with van der Waals surface area (Å²) < 4.78 is 7.14. The van der Waals surface area contributed by atoms with Crippen molar-refractivity contribution >= 4 is 23.0 Å². The molecule has 0 unspecified atom stereocenters. The molecule has 0 aliphatic heterocycles. The van der Waals surface area contributed by atoms with Gasteiger partial charge in [0.15, 0.2) is 0 Å². The number of aryl methyl sites for hydroxylation is 2. The minimum absolute atomic E-state index is 0.108. The van der Waals surface area contributed by atoms with Crippen LogP contribution >= 0.6 is 0 Å². The molecule has 0 atom stereocenters. The topological polar surface area (TPSA) is 106 Å². The van der Waals surface area contributed by atoms with Crippen molar-refractivity contribution in [3.8, 4) is 5.69 Å². The highest BCUT2D eigenvalue weighted by atomic mass is 16.3. The maximum Gasteiger partial charge on any atom is 0.271 e. The molecule has 27 heavy (non-hydrogen) atoms. The quantitative estimate of drug-likeness (QED) is 0.405. The first-order chi connectivity index (χ1) is 12.9. The van der Waals surface area contributed by atoms with Crippen LogP contribution < -0.4 is 21.7 Å². The van der Waals surface area contributed by atoms with Gasteiger partial charge in [-0.25, -0.2) is 10.4 Å². The van der Waals surface area contributed by atoms with E-state index in [1.807, 2.05) is 49.9 Å². The van der Waals surface area contributed by atoms with Gasteiger partial charge >= 0.3 is 0 Å². The third-order valence-electron chi connectivity index (χ3n) is 4.58. The van der Waals surface area contributed by atoms with E-state index in [2.05, 4.69) is 10.4 Å². The fourth-order valence-corrected chi connectivity index (χ4v) is 3.14. The van der Waals surface area contributed by atoms with Gasteiger partial charge in [-0.15, -0.1) is 0 Å². The zero-order chi connectivity index (χ0) is 19.7. The van der Waals surface area contributed by atoms with Crippen molar-refractivity contribution in [2.75, 3.05) is 18.0 Å². The molecule has 2 heterocycles. The first kappa shape index (κ1) is 18.7. The molecule has 0 saturated carbocycles. The van der Waals surface area contributed by atoms with Gasteiger partial charge in [0.05, 0.1) is 11.3 Å². The molecule has 3 aromatic rings. The summed E-state index contributed by atoms with van der Waals surface area (Å²) in [7, 11) is 0. The molecule has 0 saturated heterocycles. The number of nitrogen functional groups attached to an aromatic ring is 1. The van der Waals surface area contributed by atoms with Gasteiger partial charge in [-0.2, -0.15) is 4.98 Å². The van der Waals surface area contributed by atoms with E-state index in [0.717, 1.165) is 5.56 Å². The van der Waals surface area contributed by atoms with Crippen molar-refractivity contribution in [1.82, 2.24) is 15.0 Å². The van der Waals surface area contributed by atoms with Crippen LogP contribution in [0, 0.1) is 13.8 Å². The summed E-state index contributed by atoms with van der Waals surface area (Å²) in [6.45, 7) is 8.88. The third kappa shape index (κ3) is 3.08. The third-order valence-corrected chi connectivity index (χ3v) is 4.58. The number of anilines is 1. The standard InChI is InChI=1S/C19H23N5O3/c1-5-23(6-2)19-21-17-15(14(12(4)27-17)16(25)22-20)18(26)24(19)13-9-7-11(3)8-10-13/h7-10H,5-6,20H2,1-4H3,(H,22,25). The molecule has 3 N–H and O–H groups in total. The molecule has 0 fully saturated rings. The Balaban J connectivity index is 2.43. The van der Waals surface area contributed by atoms with Crippen molar-refractivity contribution < 1.29 is 9.21 Å². The molecule has 2 aromatic heterocycles. The van der Waals surface area contributed by atoms with E-state index >= 15 is 0 Å². The number of furan rings is 1. The molecule has 142 valence electrons. The number of nitrogens with one attached hydrogen (secondary N) is 1. The zero-order valence-electron chi connectivity index (χ0n) is 15.9. The first-order valence-corrected chi connectivity index (χ1v) is 8.81. The Morgan fingerprint density at radius 2 is 1.85 bits per heavy atom. The lowest BCUT2D eigenvalue weighted by molar-refractivity contribution is 0.0953. The van der Waals surface area contributed by atoms with Crippen molar-refractivity contribution in [3.63, 3.8) is 0 Å². The number of amides is 1. The SMILES string of the molecule is CCN(CC)c1nc2oc(C)c(C(=O)NN)c2c(=O)n1-c1ccc(C)cc1. The van der Waals surface area contributed by atoms with Gasteiger partial charge in [-0.1, -0.05) is 17.7 Å². The second-order valence-electron chi connectivity index (χ2n) is 6.25. The first-order valence-electron chi connectivity index (χ1n) is 8.81. The van der Waals surface area contributed by atoms with Crippen LogP contribution in [0.25, 0.3) is 16.8 Å². The Bertz CT molecular complexity index is 1050. The fourth-order valence-electron chi connectivity index (χ4n) is 3.14. The fraction of sp³-hybridized carbons (Fsp3) is 0.316. The normalized spacial score (nSPS) is 11.0. The number of hydrogen-bond donors (Lipinski definition) is 2. The Morgan fingerprint density at radius 1 is 1.22 bits per heavy atom. The Kier molecular flexibility index (Phi) is 5.00. The molecule has 1 aromatic carbocycles. The molecule has 0 aliphatic carbocycles. The van der Waals surface area contributed by atoms with E-state index in [1.165, 1.54) is 4.57 Å². The molecular weight excluding hydrogens is 346 g/mol. The molecule has 1 amide bonds. The zero-order valence-corrected chi connectivity index (χ0v) is 15.9. The second kappa shape index (κ2) is 7.24. The molecular formula is C19H23N5O3. The Labute approximate surface area is 156 Å². The van der Waals surface area contributed by atoms with Crippen molar-refractivity contribution in [1.29, 1.82) is 0 Å². The van der Waals surface area contributed by atoms with Gasteiger partial charge in [-0.05, 0) is 39.8 Å². The van der Waals surface area contributed by atoms with Crippen LogP contribution in [0.15, 0.2) is 33.5 Å². The van der Waals surface area contributed by atoms with Gasteiger partial charge in [0.1, 0.15) is 11.1 Å². The van der Waals surface area contributed by atoms with Gasteiger partial charge in [0, 0.05) is 13.1 Å². The Hall–Kier alpha value is -3.13. The highest BCUT2D eigenvalue weighted by Gasteiger charge is 2.26. The van der Waals surface area contributed by atoms with Crippen LogP contribution in [0.5, 0.6) is 0 Å². The number of carbonyl (C=O) groups is 1. The van der Waals surface area contributed by atoms with E-state index < -0.39 is 5.91 Å². The number of rotatable bonds is 5. The van der Waals surface area contributed by atoms with Gasteiger partial charge in [-0.3, -0.25) is 15.0 Å². The van der Waals surface area contributed by atoms with E-state index in [4.69, 9.17) is 10.3 Å². The lowest BCUT2D eigenvalue weighted by Crippen LogP contribution is -2.34. The minimum atomic E-state index is -0.587. The largest absolute Gasteiger partial charge is 0.442 e. The van der Waals surface area contributed by atoms with E-state index in [-0.39, 0.29) is 22.2 Å². The average molecular weight is 369 g/mol. The summed E-state index contributed by atoms with van der Waals surface area (Å²) in [6.07, 6.45) is 0. The minimum Gasteiger partial charge on any atom is -0.442 e. The van der Waals surface area contributed by atoms with Crippen LogP contribution in [0.3, 0.4) is 0 Å². The maximum absolute atomic E-state index is 13.4. The van der Waals surface area contributed by atoms with Gasteiger partial charge in [0.25, 0.3) is 11.5 Å². The van der Waals surface area contributed by atoms with E-state index in [0.29, 0.717) is 30.5 Å².